The molecule has 13 heavy (non-hydrogen) atoms. The average molecular weight is 239 g/mol. The number of rotatable bonds is 1. The third-order valence-electron chi connectivity index (χ3n) is 2.20. The summed E-state index contributed by atoms with van der Waals surface area (Å²) in [5.41, 5.74) is 1.21. The number of hydrogen-bond acceptors (Lipinski definition) is 2. The van der Waals surface area contributed by atoms with E-state index in [4.69, 9.17) is 0 Å². The van der Waals surface area contributed by atoms with Crippen LogP contribution in [-0.4, -0.2) is 18.9 Å². The van der Waals surface area contributed by atoms with E-state index in [2.05, 4.69) is 38.0 Å². The molecule has 1 aromatic rings. The molecule has 2 nitrogen and oxygen atoms in total. The summed E-state index contributed by atoms with van der Waals surface area (Å²) in [5.74, 6) is 1.10. The fourth-order valence-corrected chi connectivity index (χ4v) is 2.02. The fourth-order valence-electron chi connectivity index (χ4n) is 1.52. The number of aliphatic imine (C=N–C) groups is 1. The molecule has 0 spiro atoms. The van der Waals surface area contributed by atoms with Crippen LogP contribution in [0.1, 0.15) is 6.92 Å². The Bertz CT molecular complexity index is 347. The Balaban J connectivity index is 2.36. The number of benzene rings is 1. The van der Waals surface area contributed by atoms with E-state index in [1.54, 1.807) is 0 Å². The second kappa shape index (κ2) is 3.50. The van der Waals surface area contributed by atoms with Gasteiger partial charge >= 0.3 is 0 Å². The van der Waals surface area contributed by atoms with Crippen molar-refractivity contribution in [2.24, 2.45) is 4.99 Å². The third-order valence-corrected chi connectivity index (χ3v) is 2.87. The van der Waals surface area contributed by atoms with E-state index in [1.165, 1.54) is 5.69 Å². The van der Waals surface area contributed by atoms with Crippen LogP contribution in [0, 0.1) is 0 Å². The predicted molar refractivity (Wildman–Crippen MR) is 59.5 cm³/mol. The number of para-hydroxylation sites is 1. The van der Waals surface area contributed by atoms with Crippen molar-refractivity contribution in [1.29, 1.82) is 0 Å². The van der Waals surface area contributed by atoms with Gasteiger partial charge in [-0.15, -0.1) is 0 Å². The second-order valence-corrected chi connectivity index (χ2v) is 3.89. The lowest BCUT2D eigenvalue weighted by Crippen LogP contribution is -2.25. The molecular weight excluding hydrogens is 228 g/mol. The van der Waals surface area contributed by atoms with Gasteiger partial charge in [0.15, 0.2) is 0 Å². The first kappa shape index (κ1) is 8.75. The standard InChI is InChI=1S/C10H11BrN2/c1-8-12-6-7-13(8)10-5-3-2-4-9(10)11/h2-5H,6-7H2,1H3. The summed E-state index contributed by atoms with van der Waals surface area (Å²) >= 11 is 3.54. The molecule has 3 heteroatoms. The van der Waals surface area contributed by atoms with Crippen LogP contribution >= 0.6 is 15.9 Å². The molecular formula is C10H11BrN2. The Morgan fingerprint density at radius 2 is 2.15 bits per heavy atom. The first-order valence-electron chi connectivity index (χ1n) is 4.32. The van der Waals surface area contributed by atoms with Crippen molar-refractivity contribution in [3.05, 3.63) is 28.7 Å². The van der Waals surface area contributed by atoms with E-state index in [0.29, 0.717) is 0 Å². The van der Waals surface area contributed by atoms with E-state index in [0.717, 1.165) is 23.4 Å². The van der Waals surface area contributed by atoms with Crippen LogP contribution in [0.25, 0.3) is 0 Å². The molecule has 0 fully saturated rings. The molecule has 1 aromatic carbocycles. The molecule has 2 rings (SSSR count). The highest BCUT2D eigenvalue weighted by Gasteiger charge is 2.15. The van der Waals surface area contributed by atoms with E-state index in [9.17, 15) is 0 Å². The maximum Gasteiger partial charge on any atom is 0.100 e. The van der Waals surface area contributed by atoms with Crippen LogP contribution in [-0.2, 0) is 0 Å². The molecule has 0 atom stereocenters. The first-order chi connectivity index (χ1) is 6.29. The van der Waals surface area contributed by atoms with Crippen molar-refractivity contribution >= 4 is 27.5 Å². The molecule has 1 heterocycles. The molecule has 0 amide bonds. The van der Waals surface area contributed by atoms with Crippen LogP contribution in [0.15, 0.2) is 33.7 Å². The predicted octanol–water partition coefficient (Wildman–Crippen LogP) is 2.69. The Morgan fingerprint density at radius 1 is 1.38 bits per heavy atom. The monoisotopic (exact) mass is 238 g/mol. The first-order valence-corrected chi connectivity index (χ1v) is 5.11. The lowest BCUT2D eigenvalue weighted by Gasteiger charge is -2.19. The van der Waals surface area contributed by atoms with Gasteiger partial charge in [0, 0.05) is 11.0 Å². The summed E-state index contributed by atoms with van der Waals surface area (Å²) in [6.07, 6.45) is 0. The van der Waals surface area contributed by atoms with Gasteiger partial charge in [-0.2, -0.15) is 0 Å². The summed E-state index contributed by atoms with van der Waals surface area (Å²) in [4.78, 5) is 6.58. The molecule has 68 valence electrons. The lowest BCUT2D eigenvalue weighted by molar-refractivity contribution is 1.02. The van der Waals surface area contributed by atoms with Crippen molar-refractivity contribution in [1.82, 2.24) is 0 Å². The number of nitrogens with zero attached hydrogens (tertiary/aromatic N) is 2. The van der Waals surface area contributed by atoms with Crippen molar-refractivity contribution in [2.45, 2.75) is 6.92 Å². The van der Waals surface area contributed by atoms with Gasteiger partial charge in [-0.25, -0.2) is 0 Å². The van der Waals surface area contributed by atoms with Crippen molar-refractivity contribution in [3.63, 3.8) is 0 Å². The number of halogens is 1. The molecule has 0 aromatic heterocycles. The summed E-state index contributed by atoms with van der Waals surface area (Å²) < 4.78 is 1.13. The summed E-state index contributed by atoms with van der Waals surface area (Å²) in [6.45, 7) is 3.95. The van der Waals surface area contributed by atoms with E-state index in [-0.39, 0.29) is 0 Å². The number of anilines is 1. The third kappa shape index (κ3) is 1.61. The zero-order chi connectivity index (χ0) is 9.26. The molecule has 1 aliphatic heterocycles. The maximum atomic E-state index is 4.36. The molecule has 0 aliphatic carbocycles. The maximum absolute atomic E-state index is 4.36. The van der Waals surface area contributed by atoms with Gasteiger partial charge in [0.25, 0.3) is 0 Å². The van der Waals surface area contributed by atoms with E-state index in [1.807, 2.05) is 19.1 Å². The molecule has 1 aliphatic rings. The molecule has 0 radical (unpaired) electrons. The Morgan fingerprint density at radius 3 is 2.77 bits per heavy atom. The van der Waals surface area contributed by atoms with E-state index < -0.39 is 0 Å². The minimum Gasteiger partial charge on any atom is -0.328 e. The van der Waals surface area contributed by atoms with Gasteiger partial charge in [0.2, 0.25) is 0 Å². The summed E-state index contributed by atoms with van der Waals surface area (Å²) in [5, 5.41) is 0. The van der Waals surface area contributed by atoms with Gasteiger partial charge in [0.1, 0.15) is 5.84 Å². The van der Waals surface area contributed by atoms with Crippen LogP contribution in [0.3, 0.4) is 0 Å². The van der Waals surface area contributed by atoms with Gasteiger partial charge in [0.05, 0.1) is 12.2 Å². The Kier molecular flexibility index (Phi) is 2.36. The number of hydrogen-bond donors (Lipinski definition) is 0. The van der Waals surface area contributed by atoms with Gasteiger partial charge in [-0.05, 0) is 35.0 Å². The lowest BCUT2D eigenvalue weighted by atomic mass is 10.3. The van der Waals surface area contributed by atoms with E-state index >= 15 is 0 Å². The highest BCUT2D eigenvalue weighted by atomic mass is 79.9. The largest absolute Gasteiger partial charge is 0.328 e. The smallest absolute Gasteiger partial charge is 0.100 e. The minimum absolute atomic E-state index is 0.910. The van der Waals surface area contributed by atoms with Gasteiger partial charge < -0.3 is 4.90 Å². The number of amidine groups is 1. The zero-order valence-corrected chi connectivity index (χ0v) is 9.08. The zero-order valence-electron chi connectivity index (χ0n) is 7.50. The minimum atomic E-state index is 0.910. The highest BCUT2D eigenvalue weighted by Crippen LogP contribution is 2.27. The Labute approximate surface area is 86.4 Å². The topological polar surface area (TPSA) is 15.6 Å². The Hall–Kier alpha value is -0.830. The van der Waals surface area contributed by atoms with Crippen molar-refractivity contribution < 1.29 is 0 Å². The molecule has 0 saturated heterocycles. The van der Waals surface area contributed by atoms with Crippen LogP contribution < -0.4 is 4.90 Å². The fraction of sp³-hybridized carbons (Fsp3) is 0.300. The average Bonchev–Trinajstić information content (AvgIpc) is 2.52. The molecule has 0 bridgehead atoms. The van der Waals surface area contributed by atoms with Crippen molar-refractivity contribution in [2.75, 3.05) is 18.0 Å². The van der Waals surface area contributed by atoms with Crippen LogP contribution in [0.5, 0.6) is 0 Å². The highest BCUT2D eigenvalue weighted by molar-refractivity contribution is 9.10. The molecule has 0 saturated carbocycles. The van der Waals surface area contributed by atoms with Gasteiger partial charge in [-0.1, -0.05) is 12.1 Å². The van der Waals surface area contributed by atoms with Crippen molar-refractivity contribution in [3.8, 4) is 0 Å². The molecule has 0 N–H and O–H groups in total. The second-order valence-electron chi connectivity index (χ2n) is 3.03. The normalized spacial score (nSPS) is 16.2. The van der Waals surface area contributed by atoms with Gasteiger partial charge in [-0.3, -0.25) is 4.99 Å². The summed E-state index contributed by atoms with van der Waals surface area (Å²) in [6, 6.07) is 8.23. The molecule has 0 unspecified atom stereocenters. The van der Waals surface area contributed by atoms with Crippen LogP contribution in [0.2, 0.25) is 0 Å². The SMILES string of the molecule is CC1=NCCN1c1ccccc1Br. The quantitative estimate of drug-likeness (QED) is 0.735. The van der Waals surface area contributed by atoms with Crippen LogP contribution in [0.4, 0.5) is 5.69 Å². The summed E-state index contributed by atoms with van der Waals surface area (Å²) in [7, 11) is 0.